The number of piperidine rings is 1. The zero-order valence-electron chi connectivity index (χ0n) is 14.7. The van der Waals surface area contributed by atoms with Crippen molar-refractivity contribution in [3.63, 3.8) is 0 Å². The highest BCUT2D eigenvalue weighted by atomic mass is 16.5. The van der Waals surface area contributed by atoms with E-state index in [1.54, 1.807) is 0 Å². The van der Waals surface area contributed by atoms with E-state index in [-0.39, 0.29) is 5.91 Å². The molecule has 1 aliphatic rings. The van der Waals surface area contributed by atoms with Gasteiger partial charge in [-0.3, -0.25) is 9.89 Å². The molecule has 0 atom stereocenters. The van der Waals surface area contributed by atoms with Crippen molar-refractivity contribution in [3.05, 3.63) is 36.2 Å². The average Bonchev–Trinajstić information content (AvgIpc) is 3.06. The molecule has 1 aromatic heterocycles. The van der Waals surface area contributed by atoms with Crippen molar-refractivity contribution in [2.45, 2.75) is 26.2 Å². The van der Waals surface area contributed by atoms with Crippen molar-refractivity contribution in [1.29, 1.82) is 0 Å². The van der Waals surface area contributed by atoms with Gasteiger partial charge in [0, 0.05) is 17.7 Å². The number of aromatic amines is 1. The lowest BCUT2D eigenvalue weighted by atomic mass is 9.94. The molecule has 6 heteroatoms. The van der Waals surface area contributed by atoms with Gasteiger partial charge < -0.3 is 15.4 Å². The summed E-state index contributed by atoms with van der Waals surface area (Å²) in [6, 6.07) is 7.92. The fraction of sp³-hybridized carbons (Fsp3) is 0.474. The molecule has 2 heterocycles. The van der Waals surface area contributed by atoms with E-state index < -0.39 is 0 Å². The number of nitrogens with one attached hydrogen (secondary N) is 3. The molecule has 0 radical (unpaired) electrons. The van der Waals surface area contributed by atoms with Crippen molar-refractivity contribution >= 4 is 5.91 Å². The smallest absolute Gasteiger partial charge is 0.220 e. The number of H-pyrrole nitrogens is 1. The Balaban J connectivity index is 1.41. The standard InChI is InChI=1S/C19H26N4O2/c1-14-18(13-22-23-14)16-3-2-4-17(12-16)25-10-9-21-19(24)11-15-5-7-20-8-6-15/h2-4,12-13,15,20H,5-11H2,1H3,(H,21,24)(H,22,23). The molecule has 3 rings (SSSR count). The fourth-order valence-electron chi connectivity index (χ4n) is 3.17. The van der Waals surface area contributed by atoms with Crippen molar-refractivity contribution in [2.75, 3.05) is 26.2 Å². The van der Waals surface area contributed by atoms with Gasteiger partial charge in [-0.1, -0.05) is 12.1 Å². The lowest BCUT2D eigenvalue weighted by molar-refractivity contribution is -0.122. The molecule has 1 saturated heterocycles. The van der Waals surface area contributed by atoms with Crippen LogP contribution in [0.1, 0.15) is 25.0 Å². The van der Waals surface area contributed by atoms with Crippen LogP contribution in [-0.2, 0) is 4.79 Å². The Morgan fingerprint density at radius 1 is 1.36 bits per heavy atom. The molecule has 25 heavy (non-hydrogen) atoms. The van der Waals surface area contributed by atoms with E-state index in [2.05, 4.69) is 20.8 Å². The summed E-state index contributed by atoms with van der Waals surface area (Å²) in [5, 5.41) is 13.3. The second kappa shape index (κ2) is 8.67. The number of aromatic nitrogens is 2. The minimum Gasteiger partial charge on any atom is -0.492 e. The summed E-state index contributed by atoms with van der Waals surface area (Å²) < 4.78 is 5.77. The molecule has 0 spiro atoms. The summed E-state index contributed by atoms with van der Waals surface area (Å²) in [5.74, 6) is 1.43. The highest BCUT2D eigenvalue weighted by Crippen LogP contribution is 2.25. The number of aryl methyl sites for hydroxylation is 1. The van der Waals surface area contributed by atoms with E-state index in [9.17, 15) is 4.79 Å². The lowest BCUT2D eigenvalue weighted by Gasteiger charge is -2.21. The third-order valence-electron chi connectivity index (χ3n) is 4.60. The molecule has 0 unspecified atom stereocenters. The van der Waals surface area contributed by atoms with Crippen LogP contribution in [0.2, 0.25) is 0 Å². The second-order valence-electron chi connectivity index (χ2n) is 6.53. The third kappa shape index (κ3) is 5.06. The molecule has 1 fully saturated rings. The summed E-state index contributed by atoms with van der Waals surface area (Å²) >= 11 is 0. The Kier molecular flexibility index (Phi) is 6.06. The third-order valence-corrected chi connectivity index (χ3v) is 4.60. The van der Waals surface area contributed by atoms with Gasteiger partial charge in [0.2, 0.25) is 5.91 Å². The van der Waals surface area contributed by atoms with Gasteiger partial charge in [-0.2, -0.15) is 5.10 Å². The van der Waals surface area contributed by atoms with Gasteiger partial charge >= 0.3 is 0 Å². The van der Waals surface area contributed by atoms with Crippen molar-refractivity contribution in [2.24, 2.45) is 5.92 Å². The summed E-state index contributed by atoms with van der Waals surface area (Å²) in [6.07, 6.45) is 4.61. The maximum Gasteiger partial charge on any atom is 0.220 e. The SMILES string of the molecule is Cc1[nH]ncc1-c1cccc(OCCNC(=O)CC2CCNCC2)c1. The van der Waals surface area contributed by atoms with Gasteiger partial charge in [0.1, 0.15) is 12.4 Å². The van der Waals surface area contributed by atoms with Crippen LogP contribution in [-0.4, -0.2) is 42.3 Å². The average molecular weight is 342 g/mol. The van der Waals surface area contributed by atoms with Crippen LogP contribution in [0.15, 0.2) is 30.5 Å². The van der Waals surface area contributed by atoms with Crippen LogP contribution >= 0.6 is 0 Å². The Labute approximate surface area is 148 Å². The Bertz CT molecular complexity index is 692. The summed E-state index contributed by atoms with van der Waals surface area (Å²) in [6.45, 7) is 5.03. The van der Waals surface area contributed by atoms with Crippen LogP contribution in [0.3, 0.4) is 0 Å². The second-order valence-corrected chi connectivity index (χ2v) is 6.53. The van der Waals surface area contributed by atoms with E-state index in [4.69, 9.17) is 4.74 Å². The van der Waals surface area contributed by atoms with Gasteiger partial charge in [0.05, 0.1) is 12.7 Å². The molecule has 1 aliphatic heterocycles. The van der Waals surface area contributed by atoms with Gasteiger partial charge in [-0.05, 0) is 56.5 Å². The maximum atomic E-state index is 12.0. The Morgan fingerprint density at radius 2 is 2.20 bits per heavy atom. The molecular formula is C19H26N4O2. The molecule has 3 N–H and O–H groups in total. The van der Waals surface area contributed by atoms with Crippen molar-refractivity contribution in [3.8, 4) is 16.9 Å². The van der Waals surface area contributed by atoms with E-state index in [0.29, 0.717) is 25.5 Å². The molecule has 134 valence electrons. The molecule has 6 nitrogen and oxygen atoms in total. The topological polar surface area (TPSA) is 79.0 Å². The zero-order valence-corrected chi connectivity index (χ0v) is 14.7. The number of carbonyl (C=O) groups excluding carboxylic acids is 1. The maximum absolute atomic E-state index is 12.0. The molecule has 1 amide bonds. The first-order valence-electron chi connectivity index (χ1n) is 8.93. The first-order valence-corrected chi connectivity index (χ1v) is 8.93. The monoisotopic (exact) mass is 342 g/mol. The summed E-state index contributed by atoms with van der Waals surface area (Å²) in [4.78, 5) is 12.0. The number of nitrogens with zero attached hydrogens (tertiary/aromatic N) is 1. The number of hydrogen-bond acceptors (Lipinski definition) is 4. The van der Waals surface area contributed by atoms with Crippen LogP contribution in [0, 0.1) is 12.8 Å². The van der Waals surface area contributed by atoms with Crippen molar-refractivity contribution in [1.82, 2.24) is 20.8 Å². The predicted molar refractivity (Wildman–Crippen MR) is 97.5 cm³/mol. The van der Waals surface area contributed by atoms with Gasteiger partial charge in [-0.15, -0.1) is 0 Å². The Hall–Kier alpha value is -2.34. The first kappa shape index (κ1) is 17.5. The van der Waals surface area contributed by atoms with E-state index in [1.165, 1.54) is 0 Å². The van der Waals surface area contributed by atoms with Crippen LogP contribution in [0.25, 0.3) is 11.1 Å². The van der Waals surface area contributed by atoms with Crippen LogP contribution in [0.4, 0.5) is 0 Å². The van der Waals surface area contributed by atoms with E-state index in [0.717, 1.165) is 48.5 Å². The highest BCUT2D eigenvalue weighted by molar-refractivity contribution is 5.76. The molecule has 0 aliphatic carbocycles. The quantitative estimate of drug-likeness (QED) is 0.675. The minimum atomic E-state index is 0.123. The molecule has 0 saturated carbocycles. The predicted octanol–water partition coefficient (Wildman–Crippen LogP) is 2.27. The molecule has 1 aromatic carbocycles. The molecule has 2 aromatic rings. The van der Waals surface area contributed by atoms with Gasteiger partial charge in [-0.25, -0.2) is 0 Å². The van der Waals surface area contributed by atoms with Crippen LogP contribution < -0.4 is 15.4 Å². The lowest BCUT2D eigenvalue weighted by Crippen LogP contribution is -2.33. The molecular weight excluding hydrogens is 316 g/mol. The first-order chi connectivity index (χ1) is 12.2. The zero-order chi connectivity index (χ0) is 17.5. The fourth-order valence-corrected chi connectivity index (χ4v) is 3.17. The van der Waals surface area contributed by atoms with E-state index >= 15 is 0 Å². The van der Waals surface area contributed by atoms with Gasteiger partial charge in [0.15, 0.2) is 0 Å². The normalized spacial score (nSPS) is 15.1. The minimum absolute atomic E-state index is 0.123. The van der Waals surface area contributed by atoms with E-state index in [1.807, 2.05) is 37.4 Å². The van der Waals surface area contributed by atoms with Crippen molar-refractivity contribution < 1.29 is 9.53 Å². The summed E-state index contributed by atoms with van der Waals surface area (Å²) in [7, 11) is 0. The highest BCUT2D eigenvalue weighted by Gasteiger charge is 2.16. The number of benzene rings is 1. The number of amides is 1. The largest absolute Gasteiger partial charge is 0.492 e. The number of carbonyl (C=O) groups is 1. The summed E-state index contributed by atoms with van der Waals surface area (Å²) in [5.41, 5.74) is 3.17. The number of hydrogen-bond donors (Lipinski definition) is 3. The molecule has 0 bridgehead atoms. The van der Waals surface area contributed by atoms with Crippen LogP contribution in [0.5, 0.6) is 5.75 Å². The Morgan fingerprint density at radius 3 is 2.96 bits per heavy atom. The number of rotatable bonds is 7. The van der Waals surface area contributed by atoms with Gasteiger partial charge in [0.25, 0.3) is 0 Å². The number of ether oxygens (including phenoxy) is 1.